The Morgan fingerprint density at radius 1 is 1.30 bits per heavy atom. The summed E-state index contributed by atoms with van der Waals surface area (Å²) in [6.45, 7) is 2.25. The Kier molecular flexibility index (Phi) is 5.79. The third-order valence-corrected chi connectivity index (χ3v) is 2.81. The molecule has 1 aromatic carbocycles. The number of aryl methyl sites for hydroxylation is 2. The Morgan fingerprint density at radius 3 is 2.45 bits per heavy atom. The molecule has 1 unspecified atom stereocenters. The molecule has 1 atom stereocenters. The van der Waals surface area contributed by atoms with Gasteiger partial charge in [-0.05, 0) is 31.0 Å². The van der Waals surface area contributed by atoms with Gasteiger partial charge in [-0.1, -0.05) is 6.07 Å². The second kappa shape index (κ2) is 6.92. The minimum atomic E-state index is -4.36. The number of hydrogen-bond acceptors (Lipinski definition) is 4. The molecule has 20 heavy (non-hydrogen) atoms. The van der Waals surface area contributed by atoms with E-state index in [9.17, 15) is 13.2 Å². The van der Waals surface area contributed by atoms with Crippen molar-refractivity contribution in [2.24, 2.45) is 5.84 Å². The van der Waals surface area contributed by atoms with Crippen molar-refractivity contribution in [3.63, 3.8) is 0 Å². The summed E-state index contributed by atoms with van der Waals surface area (Å²) in [6, 6.07) is 3.13. The number of nitrogens with one attached hydrogen (secondary N) is 1. The van der Waals surface area contributed by atoms with Crippen LogP contribution in [0.2, 0.25) is 0 Å². The van der Waals surface area contributed by atoms with Gasteiger partial charge in [-0.15, -0.1) is 0 Å². The first-order valence-electron chi connectivity index (χ1n) is 6.04. The smallest absolute Gasteiger partial charge is 0.411 e. The molecule has 1 aromatic rings. The largest absolute Gasteiger partial charge is 0.496 e. The van der Waals surface area contributed by atoms with Gasteiger partial charge in [0.15, 0.2) is 0 Å². The molecule has 114 valence electrons. The van der Waals surface area contributed by atoms with E-state index in [4.69, 9.17) is 10.6 Å². The molecular weight excluding hydrogens is 273 g/mol. The van der Waals surface area contributed by atoms with Crippen LogP contribution in [-0.4, -0.2) is 26.5 Å². The number of methoxy groups -OCH3 is 1. The summed E-state index contributed by atoms with van der Waals surface area (Å²) in [5.41, 5.74) is 5.04. The molecule has 0 radical (unpaired) electrons. The fourth-order valence-electron chi connectivity index (χ4n) is 2.06. The summed E-state index contributed by atoms with van der Waals surface area (Å²) in [7, 11) is 1.50. The number of hydrazine groups is 1. The predicted molar refractivity (Wildman–Crippen MR) is 69.4 cm³/mol. The zero-order valence-electron chi connectivity index (χ0n) is 11.7. The first-order chi connectivity index (χ1) is 9.28. The van der Waals surface area contributed by atoms with E-state index >= 15 is 0 Å². The molecule has 0 aliphatic carbocycles. The maximum atomic E-state index is 12.1. The molecule has 0 saturated heterocycles. The Hall–Kier alpha value is -1.31. The lowest BCUT2D eigenvalue weighted by Crippen LogP contribution is -2.33. The second-order valence-electron chi connectivity index (χ2n) is 4.55. The average Bonchev–Trinajstić information content (AvgIpc) is 2.33. The molecule has 0 heterocycles. The molecule has 1 rings (SSSR count). The maximum absolute atomic E-state index is 12.1. The van der Waals surface area contributed by atoms with Gasteiger partial charge in [0, 0.05) is 5.56 Å². The number of halogens is 3. The molecule has 7 heteroatoms. The van der Waals surface area contributed by atoms with Crippen molar-refractivity contribution >= 4 is 0 Å². The molecule has 0 bridgehead atoms. The molecule has 0 amide bonds. The van der Waals surface area contributed by atoms with E-state index in [1.165, 1.54) is 7.11 Å². The van der Waals surface area contributed by atoms with Gasteiger partial charge in [-0.3, -0.25) is 11.3 Å². The fraction of sp³-hybridized carbons (Fsp3) is 0.538. The van der Waals surface area contributed by atoms with Gasteiger partial charge < -0.3 is 9.47 Å². The summed E-state index contributed by atoms with van der Waals surface area (Å²) >= 11 is 0. The van der Waals surface area contributed by atoms with Crippen LogP contribution in [0.3, 0.4) is 0 Å². The highest BCUT2D eigenvalue weighted by molar-refractivity contribution is 5.45. The average molecular weight is 292 g/mol. The van der Waals surface area contributed by atoms with Crippen molar-refractivity contribution in [1.29, 1.82) is 0 Å². The quantitative estimate of drug-likeness (QED) is 0.624. The van der Waals surface area contributed by atoms with Gasteiger partial charge in [0.05, 0.1) is 19.8 Å². The predicted octanol–water partition coefficient (Wildman–Crippen LogP) is 2.40. The van der Waals surface area contributed by atoms with Crippen LogP contribution in [0.15, 0.2) is 12.1 Å². The third kappa shape index (κ3) is 4.66. The molecule has 0 saturated carbocycles. The maximum Gasteiger partial charge on any atom is 0.411 e. The summed E-state index contributed by atoms with van der Waals surface area (Å²) in [5.74, 6) is 5.99. The Morgan fingerprint density at radius 2 is 1.95 bits per heavy atom. The number of hydrogen-bond donors (Lipinski definition) is 2. The van der Waals surface area contributed by atoms with E-state index in [-0.39, 0.29) is 6.61 Å². The normalized spacial score (nSPS) is 13.3. The lowest BCUT2D eigenvalue weighted by Gasteiger charge is -2.22. The Balaban J connectivity index is 2.89. The van der Waals surface area contributed by atoms with Gasteiger partial charge in [0.1, 0.15) is 12.4 Å². The van der Waals surface area contributed by atoms with Crippen molar-refractivity contribution in [2.75, 3.05) is 20.3 Å². The van der Waals surface area contributed by atoms with Crippen molar-refractivity contribution in [2.45, 2.75) is 26.1 Å². The highest BCUT2D eigenvalue weighted by Gasteiger charge is 2.28. The van der Waals surface area contributed by atoms with Crippen LogP contribution < -0.4 is 16.0 Å². The zero-order chi connectivity index (χ0) is 15.3. The molecule has 0 aliphatic heterocycles. The van der Waals surface area contributed by atoms with Crippen LogP contribution in [0.1, 0.15) is 22.7 Å². The molecule has 0 fully saturated rings. The minimum Gasteiger partial charge on any atom is -0.496 e. The highest BCUT2D eigenvalue weighted by Crippen LogP contribution is 2.30. The number of nitrogens with two attached hydrogens (primary N) is 1. The van der Waals surface area contributed by atoms with Crippen molar-refractivity contribution in [3.05, 3.63) is 28.8 Å². The number of alkyl halides is 3. The number of benzene rings is 1. The van der Waals surface area contributed by atoms with Crippen LogP contribution in [-0.2, 0) is 4.74 Å². The van der Waals surface area contributed by atoms with Crippen molar-refractivity contribution < 1.29 is 22.6 Å². The van der Waals surface area contributed by atoms with Gasteiger partial charge >= 0.3 is 6.18 Å². The van der Waals surface area contributed by atoms with Gasteiger partial charge in [-0.25, -0.2) is 0 Å². The van der Waals surface area contributed by atoms with E-state index in [1.54, 1.807) is 6.07 Å². The summed E-state index contributed by atoms with van der Waals surface area (Å²) in [5, 5.41) is 0. The lowest BCUT2D eigenvalue weighted by atomic mass is 9.98. The van der Waals surface area contributed by atoms with E-state index in [0.717, 1.165) is 11.1 Å². The van der Waals surface area contributed by atoms with E-state index in [0.29, 0.717) is 11.3 Å². The molecule has 0 aliphatic rings. The topological polar surface area (TPSA) is 56.5 Å². The van der Waals surface area contributed by atoms with Crippen molar-refractivity contribution in [1.82, 2.24) is 5.43 Å². The Labute approximate surface area is 116 Å². The molecular formula is C13H19F3N2O2. The van der Waals surface area contributed by atoms with Crippen LogP contribution in [0, 0.1) is 13.8 Å². The van der Waals surface area contributed by atoms with Crippen LogP contribution in [0.25, 0.3) is 0 Å². The Bertz CT molecular complexity index is 450. The summed E-state index contributed by atoms with van der Waals surface area (Å²) in [6.07, 6.45) is -4.36. The first-order valence-corrected chi connectivity index (χ1v) is 6.04. The zero-order valence-corrected chi connectivity index (χ0v) is 11.7. The van der Waals surface area contributed by atoms with Crippen LogP contribution in [0.5, 0.6) is 5.75 Å². The second-order valence-corrected chi connectivity index (χ2v) is 4.55. The monoisotopic (exact) mass is 292 g/mol. The van der Waals surface area contributed by atoms with Crippen LogP contribution in [0.4, 0.5) is 13.2 Å². The van der Waals surface area contributed by atoms with Gasteiger partial charge in [-0.2, -0.15) is 13.2 Å². The minimum absolute atomic E-state index is 0.198. The molecule has 0 aromatic heterocycles. The molecule has 3 N–H and O–H groups in total. The summed E-state index contributed by atoms with van der Waals surface area (Å²) < 4.78 is 46.2. The van der Waals surface area contributed by atoms with Gasteiger partial charge in [0.2, 0.25) is 0 Å². The third-order valence-electron chi connectivity index (χ3n) is 2.81. The van der Waals surface area contributed by atoms with E-state index in [2.05, 4.69) is 10.2 Å². The highest BCUT2D eigenvalue weighted by atomic mass is 19.4. The molecule has 4 nitrogen and oxygen atoms in total. The first kappa shape index (κ1) is 16.7. The van der Waals surface area contributed by atoms with E-state index in [1.807, 2.05) is 19.9 Å². The number of rotatable bonds is 6. The SMILES string of the molecule is COc1cc(C)cc(C)c1C(COCC(F)(F)F)NN. The number of ether oxygens (including phenoxy) is 2. The van der Waals surface area contributed by atoms with E-state index < -0.39 is 18.8 Å². The lowest BCUT2D eigenvalue weighted by molar-refractivity contribution is -0.175. The van der Waals surface area contributed by atoms with Gasteiger partial charge in [0.25, 0.3) is 0 Å². The standard InChI is InChI=1S/C13H19F3N2O2/c1-8-4-9(2)12(11(5-8)19-3)10(18-17)6-20-7-13(14,15)16/h4-5,10,18H,6-7,17H2,1-3H3. The van der Waals surface area contributed by atoms with Crippen LogP contribution >= 0.6 is 0 Å². The van der Waals surface area contributed by atoms with Crippen molar-refractivity contribution in [3.8, 4) is 5.75 Å². The fourth-order valence-corrected chi connectivity index (χ4v) is 2.06. The molecule has 0 spiro atoms. The summed E-state index contributed by atoms with van der Waals surface area (Å²) in [4.78, 5) is 0.